The fourth-order valence-electron chi connectivity index (χ4n) is 3.74. The predicted octanol–water partition coefficient (Wildman–Crippen LogP) is 2.96. The van der Waals surface area contributed by atoms with E-state index in [1.807, 2.05) is 32.0 Å². The van der Waals surface area contributed by atoms with Crippen LogP contribution in [0.1, 0.15) is 30.3 Å². The van der Waals surface area contributed by atoms with Gasteiger partial charge in [0.15, 0.2) is 0 Å². The SMILES string of the molecule is Cc1cccc(N2CCN(CCC(=O)NC(C)Cc3cccc(C)n3)CC2)c1. The van der Waals surface area contributed by atoms with Gasteiger partial charge in [0.1, 0.15) is 0 Å². The number of amides is 1. The number of anilines is 1. The fraction of sp³-hybridized carbons (Fsp3) is 0.478. The van der Waals surface area contributed by atoms with Gasteiger partial charge in [0.25, 0.3) is 0 Å². The first-order valence-corrected chi connectivity index (χ1v) is 10.3. The third-order valence-electron chi connectivity index (χ3n) is 5.26. The van der Waals surface area contributed by atoms with Crippen LogP contribution in [-0.2, 0) is 11.2 Å². The Morgan fingerprint density at radius 1 is 1.11 bits per heavy atom. The largest absolute Gasteiger partial charge is 0.369 e. The predicted molar refractivity (Wildman–Crippen MR) is 115 cm³/mol. The molecule has 28 heavy (non-hydrogen) atoms. The van der Waals surface area contributed by atoms with Crippen molar-refractivity contribution in [1.82, 2.24) is 15.2 Å². The molecule has 2 aromatic rings. The molecular formula is C23H32N4O. The van der Waals surface area contributed by atoms with E-state index < -0.39 is 0 Å². The number of carbonyl (C=O) groups is 1. The number of hydrogen-bond acceptors (Lipinski definition) is 4. The Labute approximate surface area is 168 Å². The summed E-state index contributed by atoms with van der Waals surface area (Å²) in [4.78, 5) is 21.6. The summed E-state index contributed by atoms with van der Waals surface area (Å²) in [5.41, 5.74) is 4.64. The van der Waals surface area contributed by atoms with Crippen molar-refractivity contribution in [1.29, 1.82) is 0 Å². The second-order valence-electron chi connectivity index (χ2n) is 7.86. The van der Waals surface area contributed by atoms with E-state index in [-0.39, 0.29) is 11.9 Å². The van der Waals surface area contributed by atoms with Crippen molar-refractivity contribution in [2.45, 2.75) is 39.7 Å². The Morgan fingerprint density at radius 2 is 1.86 bits per heavy atom. The summed E-state index contributed by atoms with van der Waals surface area (Å²) in [5.74, 6) is 0.126. The van der Waals surface area contributed by atoms with Crippen LogP contribution >= 0.6 is 0 Å². The van der Waals surface area contributed by atoms with Gasteiger partial charge in [-0.3, -0.25) is 14.7 Å². The molecule has 150 valence electrons. The standard InChI is InChI=1S/C23H32N4O/c1-18-6-4-9-22(16-18)27-14-12-26(13-15-27)11-10-23(28)25-20(3)17-21-8-5-7-19(2)24-21/h4-9,16,20H,10-15,17H2,1-3H3,(H,25,28). The first-order chi connectivity index (χ1) is 13.5. The molecule has 1 N–H and O–H groups in total. The lowest BCUT2D eigenvalue weighted by molar-refractivity contribution is -0.122. The summed E-state index contributed by atoms with van der Waals surface area (Å²) in [7, 11) is 0. The second-order valence-corrected chi connectivity index (χ2v) is 7.86. The highest BCUT2D eigenvalue weighted by Gasteiger charge is 2.18. The van der Waals surface area contributed by atoms with Gasteiger partial charge in [-0.1, -0.05) is 18.2 Å². The number of piperazine rings is 1. The maximum atomic E-state index is 12.3. The van der Waals surface area contributed by atoms with Gasteiger partial charge >= 0.3 is 0 Å². The number of aryl methyl sites for hydroxylation is 2. The zero-order valence-corrected chi connectivity index (χ0v) is 17.3. The molecule has 2 heterocycles. The van der Waals surface area contributed by atoms with Crippen LogP contribution in [0.5, 0.6) is 0 Å². The number of nitrogens with one attached hydrogen (secondary N) is 1. The first-order valence-electron chi connectivity index (χ1n) is 10.3. The van der Waals surface area contributed by atoms with Crippen LogP contribution in [0.4, 0.5) is 5.69 Å². The molecule has 0 aliphatic carbocycles. The second kappa shape index (κ2) is 9.69. The number of hydrogen-bond donors (Lipinski definition) is 1. The zero-order chi connectivity index (χ0) is 19.9. The van der Waals surface area contributed by atoms with Gasteiger partial charge in [-0.15, -0.1) is 0 Å². The quantitative estimate of drug-likeness (QED) is 0.802. The molecule has 5 heteroatoms. The van der Waals surface area contributed by atoms with E-state index in [4.69, 9.17) is 0 Å². The summed E-state index contributed by atoms with van der Waals surface area (Å²) in [6.45, 7) is 11.0. The van der Waals surface area contributed by atoms with Crippen molar-refractivity contribution in [3.63, 3.8) is 0 Å². The lowest BCUT2D eigenvalue weighted by Crippen LogP contribution is -2.47. The average molecular weight is 381 g/mol. The third-order valence-corrected chi connectivity index (χ3v) is 5.26. The highest BCUT2D eigenvalue weighted by Crippen LogP contribution is 2.17. The molecule has 1 amide bonds. The number of aromatic nitrogens is 1. The smallest absolute Gasteiger partial charge is 0.221 e. The van der Waals surface area contributed by atoms with E-state index in [2.05, 4.69) is 51.3 Å². The minimum atomic E-state index is 0.0972. The molecule has 1 aromatic carbocycles. The molecule has 0 radical (unpaired) electrons. The lowest BCUT2D eigenvalue weighted by Gasteiger charge is -2.36. The molecule has 1 unspecified atom stereocenters. The number of pyridine rings is 1. The van der Waals surface area contributed by atoms with Gasteiger partial charge in [-0.2, -0.15) is 0 Å². The zero-order valence-electron chi connectivity index (χ0n) is 17.3. The number of nitrogens with zero attached hydrogens (tertiary/aromatic N) is 3. The molecular weight excluding hydrogens is 348 g/mol. The van der Waals surface area contributed by atoms with Gasteiger partial charge in [0.2, 0.25) is 5.91 Å². The minimum Gasteiger partial charge on any atom is -0.369 e. The fourth-order valence-corrected chi connectivity index (χ4v) is 3.74. The first kappa shape index (κ1) is 20.3. The molecule has 0 spiro atoms. The van der Waals surface area contributed by atoms with Crippen LogP contribution in [0, 0.1) is 13.8 Å². The average Bonchev–Trinajstić information content (AvgIpc) is 2.67. The van der Waals surface area contributed by atoms with E-state index in [1.165, 1.54) is 11.3 Å². The Morgan fingerprint density at radius 3 is 2.57 bits per heavy atom. The maximum Gasteiger partial charge on any atom is 0.221 e. The van der Waals surface area contributed by atoms with Crippen LogP contribution in [0.2, 0.25) is 0 Å². The minimum absolute atomic E-state index is 0.0972. The molecule has 1 aromatic heterocycles. The number of carbonyl (C=O) groups excluding carboxylic acids is 1. The van der Waals surface area contributed by atoms with Crippen molar-refractivity contribution >= 4 is 11.6 Å². The normalized spacial score (nSPS) is 16.0. The van der Waals surface area contributed by atoms with Crippen LogP contribution in [0.25, 0.3) is 0 Å². The van der Waals surface area contributed by atoms with Crippen molar-refractivity contribution in [2.75, 3.05) is 37.6 Å². The van der Waals surface area contributed by atoms with E-state index >= 15 is 0 Å². The third kappa shape index (κ3) is 6.06. The lowest BCUT2D eigenvalue weighted by atomic mass is 10.1. The van der Waals surface area contributed by atoms with E-state index in [0.29, 0.717) is 6.42 Å². The van der Waals surface area contributed by atoms with Crippen LogP contribution < -0.4 is 10.2 Å². The van der Waals surface area contributed by atoms with Crippen LogP contribution in [0.15, 0.2) is 42.5 Å². The summed E-state index contributed by atoms with van der Waals surface area (Å²) in [5, 5.41) is 3.11. The summed E-state index contributed by atoms with van der Waals surface area (Å²) < 4.78 is 0. The van der Waals surface area contributed by atoms with Gasteiger partial charge < -0.3 is 10.2 Å². The summed E-state index contributed by atoms with van der Waals surface area (Å²) in [6, 6.07) is 14.8. The Balaban J connectivity index is 1.37. The Hall–Kier alpha value is -2.40. The van der Waals surface area contributed by atoms with Crippen molar-refractivity contribution in [3.05, 3.63) is 59.4 Å². The van der Waals surface area contributed by atoms with Gasteiger partial charge in [0, 0.05) is 68.7 Å². The van der Waals surface area contributed by atoms with Crippen molar-refractivity contribution < 1.29 is 4.79 Å². The van der Waals surface area contributed by atoms with Crippen LogP contribution in [0.3, 0.4) is 0 Å². The molecule has 5 nitrogen and oxygen atoms in total. The van der Waals surface area contributed by atoms with Crippen molar-refractivity contribution in [3.8, 4) is 0 Å². The molecule has 1 aliphatic heterocycles. The highest BCUT2D eigenvalue weighted by molar-refractivity contribution is 5.76. The monoisotopic (exact) mass is 380 g/mol. The van der Waals surface area contributed by atoms with Gasteiger partial charge in [0.05, 0.1) is 0 Å². The van der Waals surface area contributed by atoms with E-state index in [9.17, 15) is 4.79 Å². The van der Waals surface area contributed by atoms with Crippen LogP contribution in [-0.4, -0.2) is 54.6 Å². The molecule has 3 rings (SSSR count). The molecule has 0 saturated carbocycles. The van der Waals surface area contributed by atoms with Gasteiger partial charge in [-0.25, -0.2) is 0 Å². The summed E-state index contributed by atoms with van der Waals surface area (Å²) >= 11 is 0. The molecule has 1 saturated heterocycles. The van der Waals surface area contributed by atoms with E-state index in [1.54, 1.807) is 0 Å². The number of benzene rings is 1. The Kier molecular flexibility index (Phi) is 7.04. The van der Waals surface area contributed by atoms with E-state index in [0.717, 1.165) is 50.5 Å². The Bertz CT molecular complexity index is 784. The molecule has 0 bridgehead atoms. The van der Waals surface area contributed by atoms with Gasteiger partial charge in [-0.05, 0) is 50.6 Å². The number of rotatable bonds is 7. The highest BCUT2D eigenvalue weighted by atomic mass is 16.1. The topological polar surface area (TPSA) is 48.5 Å². The molecule has 1 aliphatic rings. The summed E-state index contributed by atoms with van der Waals surface area (Å²) in [6.07, 6.45) is 1.32. The van der Waals surface area contributed by atoms with Crippen molar-refractivity contribution in [2.24, 2.45) is 0 Å². The molecule has 1 atom stereocenters. The molecule has 1 fully saturated rings. The maximum absolute atomic E-state index is 12.3.